The molecule has 0 amide bonds. The molecule has 0 bridgehead atoms. The first-order valence-electron chi connectivity index (χ1n) is 10.2. The van der Waals surface area contributed by atoms with Gasteiger partial charge in [0.15, 0.2) is 0 Å². The van der Waals surface area contributed by atoms with Gasteiger partial charge in [-0.25, -0.2) is 0 Å². The van der Waals surface area contributed by atoms with Crippen LogP contribution in [0, 0.1) is 18.8 Å². The molecule has 0 heterocycles. The molecule has 0 saturated carbocycles. The highest BCUT2D eigenvalue weighted by Gasteiger charge is 2.34. The van der Waals surface area contributed by atoms with Gasteiger partial charge in [0.05, 0.1) is 11.7 Å². The molecule has 0 saturated heterocycles. The van der Waals surface area contributed by atoms with Gasteiger partial charge >= 0.3 is 6.18 Å². The maximum Gasteiger partial charge on any atom is 0.416 e. The van der Waals surface area contributed by atoms with Gasteiger partial charge in [-0.3, -0.25) is 0 Å². The highest BCUT2D eigenvalue weighted by Crippen LogP contribution is 2.37. The van der Waals surface area contributed by atoms with Crippen LogP contribution in [0.2, 0.25) is 0 Å². The number of aliphatic hydroxyl groups is 1. The molecular weight excluding hydrogens is 387 g/mol. The van der Waals surface area contributed by atoms with Gasteiger partial charge in [-0.2, -0.15) is 13.2 Å². The third-order valence-corrected chi connectivity index (χ3v) is 5.85. The molecule has 0 spiro atoms. The Labute approximate surface area is 175 Å². The van der Waals surface area contributed by atoms with Gasteiger partial charge in [0.2, 0.25) is 0 Å². The maximum atomic E-state index is 12.2. The summed E-state index contributed by atoms with van der Waals surface area (Å²) >= 11 is 0. The number of hydrogen-bond donors (Lipinski definition) is 2. The summed E-state index contributed by atoms with van der Waals surface area (Å²) in [6.07, 6.45) is 1.22. The van der Waals surface area contributed by atoms with Crippen molar-refractivity contribution in [2.24, 2.45) is 17.6 Å². The number of rotatable bonds is 2. The Balaban J connectivity index is 0.000000178. The lowest BCUT2D eigenvalue weighted by molar-refractivity contribution is -0.0890. The van der Waals surface area contributed by atoms with Crippen molar-refractivity contribution in [3.8, 4) is 11.1 Å². The summed E-state index contributed by atoms with van der Waals surface area (Å²) in [6.45, 7) is 4.21. The number of hydrogen-bond acceptors (Lipinski definition) is 2. The summed E-state index contributed by atoms with van der Waals surface area (Å²) in [5, 5.41) is 9.90. The Kier molecular flexibility index (Phi) is 6.84. The number of nitrogens with two attached hydrogens (primary N) is 1. The Morgan fingerprint density at radius 1 is 1.10 bits per heavy atom. The second kappa shape index (κ2) is 9.19. The summed E-state index contributed by atoms with van der Waals surface area (Å²) < 4.78 is 36.7. The Bertz CT molecular complexity index is 928. The first-order chi connectivity index (χ1) is 14.2. The van der Waals surface area contributed by atoms with Crippen LogP contribution in [0.5, 0.6) is 0 Å². The molecule has 0 aliphatic heterocycles. The molecule has 30 heavy (non-hydrogen) atoms. The Morgan fingerprint density at radius 2 is 1.80 bits per heavy atom. The largest absolute Gasteiger partial charge is 0.416 e. The van der Waals surface area contributed by atoms with Crippen molar-refractivity contribution in [2.45, 2.75) is 39.0 Å². The van der Waals surface area contributed by atoms with Crippen LogP contribution in [0.25, 0.3) is 11.1 Å². The van der Waals surface area contributed by atoms with E-state index in [1.54, 1.807) is 6.08 Å². The zero-order valence-electron chi connectivity index (χ0n) is 17.3. The maximum absolute atomic E-state index is 12.2. The van der Waals surface area contributed by atoms with Gasteiger partial charge < -0.3 is 10.8 Å². The van der Waals surface area contributed by atoms with Crippen LogP contribution >= 0.6 is 0 Å². The van der Waals surface area contributed by atoms with E-state index < -0.39 is 11.7 Å². The van der Waals surface area contributed by atoms with E-state index in [1.165, 1.54) is 28.3 Å². The van der Waals surface area contributed by atoms with E-state index in [-0.39, 0.29) is 24.5 Å². The predicted octanol–water partition coefficient (Wildman–Crippen LogP) is 5.90. The normalized spacial score (nSPS) is 22.8. The molecule has 4 rings (SSSR count). The second-order valence-electron chi connectivity index (χ2n) is 8.03. The molecular formula is C25H28F3NO. The summed E-state index contributed by atoms with van der Waals surface area (Å²) in [5.41, 5.74) is 11.0. The van der Waals surface area contributed by atoms with Crippen LogP contribution in [-0.2, 0) is 6.42 Å². The molecule has 3 N–H and O–H groups in total. The number of halogens is 3. The Morgan fingerprint density at radius 3 is 2.43 bits per heavy atom. The lowest BCUT2D eigenvalue weighted by atomic mass is 9.87. The van der Waals surface area contributed by atoms with E-state index in [0.717, 1.165) is 24.5 Å². The van der Waals surface area contributed by atoms with Crippen molar-refractivity contribution in [3.05, 3.63) is 83.0 Å². The number of aryl methyl sites for hydroxylation is 1. The van der Waals surface area contributed by atoms with Gasteiger partial charge in [-0.1, -0.05) is 73.2 Å². The third kappa shape index (κ3) is 5.02. The lowest BCUT2D eigenvalue weighted by Crippen LogP contribution is -2.24. The van der Waals surface area contributed by atoms with Crippen molar-refractivity contribution >= 4 is 0 Å². The van der Waals surface area contributed by atoms with E-state index in [0.29, 0.717) is 0 Å². The minimum absolute atomic E-state index is 0.0936. The molecule has 0 radical (unpaired) electrons. The summed E-state index contributed by atoms with van der Waals surface area (Å²) in [4.78, 5) is 0. The van der Waals surface area contributed by atoms with Crippen LogP contribution in [0.4, 0.5) is 13.2 Å². The van der Waals surface area contributed by atoms with Gasteiger partial charge in [-0.05, 0) is 60.4 Å². The van der Waals surface area contributed by atoms with Crippen LogP contribution in [0.3, 0.4) is 0 Å². The third-order valence-electron chi connectivity index (χ3n) is 5.85. The number of aliphatic hydroxyl groups excluding tert-OH is 1. The molecule has 5 heteroatoms. The highest BCUT2D eigenvalue weighted by molar-refractivity contribution is 5.70. The zero-order valence-corrected chi connectivity index (χ0v) is 17.3. The quantitative estimate of drug-likeness (QED) is 0.642. The Hall–Kier alpha value is -2.37. The number of benzene rings is 2. The monoisotopic (exact) mass is 415 g/mol. The average molecular weight is 415 g/mol. The standard InChI is InChI=1S/C16H16O.C9H12F3N/c1-11-5-7-12(8-6-11)13-3-2-4-15-14(13)9-10-16(15)17;1-6-2-3-8(9(10,11)12)4-7(6)5-13/h2-8,16-17H,9-10H2,1H3;2-4,6-7H,5,13H2,1H3. The summed E-state index contributed by atoms with van der Waals surface area (Å²) in [7, 11) is 0. The van der Waals surface area contributed by atoms with Gasteiger partial charge in [0.1, 0.15) is 0 Å². The van der Waals surface area contributed by atoms with Crippen LogP contribution < -0.4 is 5.73 Å². The van der Waals surface area contributed by atoms with Crippen molar-refractivity contribution in [1.82, 2.24) is 0 Å². The SMILES string of the molecule is CC1C=CC(C(F)(F)F)=CC1CN.Cc1ccc(-c2cccc3c2CCC3O)cc1. The minimum atomic E-state index is -4.25. The first kappa shape index (κ1) is 22.3. The molecule has 160 valence electrons. The second-order valence-corrected chi connectivity index (χ2v) is 8.03. The van der Waals surface area contributed by atoms with Crippen LogP contribution in [-0.4, -0.2) is 17.8 Å². The lowest BCUT2D eigenvalue weighted by Gasteiger charge is -2.22. The van der Waals surface area contributed by atoms with Crippen molar-refractivity contribution in [2.75, 3.05) is 6.54 Å². The van der Waals surface area contributed by atoms with E-state index in [2.05, 4.69) is 37.3 Å². The molecule has 2 nitrogen and oxygen atoms in total. The molecule has 2 aliphatic carbocycles. The van der Waals surface area contributed by atoms with Crippen LogP contribution in [0.15, 0.2) is 66.3 Å². The van der Waals surface area contributed by atoms with Crippen LogP contribution in [0.1, 0.15) is 36.1 Å². The zero-order chi connectivity index (χ0) is 21.9. The summed E-state index contributed by atoms with van der Waals surface area (Å²) in [5.74, 6) is -0.0993. The minimum Gasteiger partial charge on any atom is -0.388 e. The van der Waals surface area contributed by atoms with Crippen molar-refractivity contribution in [3.63, 3.8) is 0 Å². The summed E-state index contributed by atoms with van der Waals surface area (Å²) in [6, 6.07) is 14.8. The smallest absolute Gasteiger partial charge is 0.388 e. The number of fused-ring (bicyclic) bond motifs is 1. The molecule has 2 aromatic carbocycles. The molecule has 0 fully saturated rings. The van der Waals surface area contributed by atoms with E-state index in [4.69, 9.17) is 5.73 Å². The van der Waals surface area contributed by atoms with E-state index in [9.17, 15) is 18.3 Å². The van der Waals surface area contributed by atoms with Crippen molar-refractivity contribution in [1.29, 1.82) is 0 Å². The van der Waals surface area contributed by atoms with E-state index in [1.807, 2.05) is 19.1 Å². The molecule has 0 aromatic heterocycles. The molecule has 2 aliphatic rings. The fourth-order valence-corrected chi connectivity index (χ4v) is 3.94. The van der Waals surface area contributed by atoms with Gasteiger partial charge in [-0.15, -0.1) is 0 Å². The predicted molar refractivity (Wildman–Crippen MR) is 115 cm³/mol. The van der Waals surface area contributed by atoms with Crippen molar-refractivity contribution < 1.29 is 18.3 Å². The molecule has 2 aromatic rings. The average Bonchev–Trinajstić information content (AvgIpc) is 3.10. The van der Waals surface area contributed by atoms with Gasteiger partial charge in [0, 0.05) is 0 Å². The number of allylic oxidation sites excluding steroid dienone is 3. The van der Waals surface area contributed by atoms with Gasteiger partial charge in [0.25, 0.3) is 0 Å². The highest BCUT2D eigenvalue weighted by atomic mass is 19.4. The fourth-order valence-electron chi connectivity index (χ4n) is 3.94. The fraction of sp³-hybridized carbons (Fsp3) is 0.360. The number of alkyl halides is 3. The first-order valence-corrected chi connectivity index (χ1v) is 10.2. The molecule has 3 atom stereocenters. The molecule has 3 unspecified atom stereocenters. The topological polar surface area (TPSA) is 46.2 Å². The van der Waals surface area contributed by atoms with E-state index >= 15 is 0 Å².